The van der Waals surface area contributed by atoms with Crippen molar-refractivity contribution in [2.45, 2.75) is 25.3 Å². The number of rotatable bonds is 2. The van der Waals surface area contributed by atoms with Gasteiger partial charge in [-0.05, 0) is 26.4 Å². The van der Waals surface area contributed by atoms with E-state index >= 15 is 0 Å². The Kier molecular flexibility index (Phi) is 4.24. The van der Waals surface area contributed by atoms with Gasteiger partial charge in [0.1, 0.15) is 5.02 Å². The number of nitrogens with one attached hydrogen (secondary N) is 1. The smallest absolute Gasteiger partial charge is 0.287 e. The summed E-state index contributed by atoms with van der Waals surface area (Å²) in [6.45, 7) is 2.09. The number of likely N-dealkylation sites (N-methyl/N-ethyl adjacent to an activating group) is 1. The van der Waals surface area contributed by atoms with Crippen LogP contribution in [0.1, 0.15) is 19.3 Å². The van der Waals surface area contributed by atoms with Crippen molar-refractivity contribution in [1.29, 1.82) is 0 Å². The van der Waals surface area contributed by atoms with Gasteiger partial charge in [0.2, 0.25) is 0 Å². The van der Waals surface area contributed by atoms with Crippen molar-refractivity contribution in [2.24, 2.45) is 7.05 Å². The maximum absolute atomic E-state index is 11.7. The number of likely N-dealkylation sites (tertiary alicyclic amines) is 1. The normalized spacial score (nSPS) is 21.6. The Hall–Kier alpha value is -1.07. The van der Waals surface area contributed by atoms with Gasteiger partial charge < -0.3 is 10.2 Å². The van der Waals surface area contributed by atoms with Gasteiger partial charge in [0.25, 0.3) is 5.56 Å². The molecule has 1 atom stereocenters. The molecular weight excluding hydrogens is 252 g/mol. The monoisotopic (exact) mass is 270 g/mol. The largest absolute Gasteiger partial charge is 0.378 e. The minimum absolute atomic E-state index is 0.222. The van der Waals surface area contributed by atoms with Crippen molar-refractivity contribution in [1.82, 2.24) is 14.7 Å². The second-order valence-electron chi connectivity index (χ2n) is 4.90. The highest BCUT2D eigenvalue weighted by molar-refractivity contribution is 6.32. The molecule has 6 heteroatoms. The third-order valence-electron chi connectivity index (χ3n) is 3.31. The van der Waals surface area contributed by atoms with Crippen LogP contribution in [0.15, 0.2) is 11.0 Å². The number of halogens is 1. The maximum Gasteiger partial charge on any atom is 0.287 e. The van der Waals surface area contributed by atoms with Crippen molar-refractivity contribution in [3.8, 4) is 0 Å². The van der Waals surface area contributed by atoms with Gasteiger partial charge in [-0.3, -0.25) is 4.79 Å². The Bertz CT molecular complexity index is 474. The molecule has 0 bridgehead atoms. The molecule has 0 amide bonds. The molecule has 100 valence electrons. The van der Waals surface area contributed by atoms with Gasteiger partial charge >= 0.3 is 0 Å². The number of aromatic nitrogens is 2. The lowest BCUT2D eigenvalue weighted by Gasteiger charge is -2.22. The van der Waals surface area contributed by atoms with E-state index < -0.39 is 0 Å². The van der Waals surface area contributed by atoms with E-state index in [1.165, 1.54) is 17.5 Å². The summed E-state index contributed by atoms with van der Waals surface area (Å²) in [6, 6.07) is 0.323. The molecule has 2 heterocycles. The third-order valence-corrected chi connectivity index (χ3v) is 3.68. The second kappa shape index (κ2) is 5.71. The Morgan fingerprint density at radius 2 is 2.22 bits per heavy atom. The predicted octanol–water partition coefficient (Wildman–Crippen LogP) is 1.33. The molecule has 1 aliphatic heterocycles. The highest BCUT2D eigenvalue weighted by Crippen LogP contribution is 2.19. The van der Waals surface area contributed by atoms with E-state index in [1.807, 2.05) is 0 Å². The van der Waals surface area contributed by atoms with Gasteiger partial charge in [0.15, 0.2) is 0 Å². The van der Waals surface area contributed by atoms with Crippen LogP contribution in [-0.2, 0) is 7.05 Å². The minimum Gasteiger partial charge on any atom is -0.378 e. The van der Waals surface area contributed by atoms with Crippen LogP contribution in [0.5, 0.6) is 0 Å². The van der Waals surface area contributed by atoms with E-state index in [0.29, 0.717) is 11.7 Å². The Morgan fingerprint density at radius 1 is 1.44 bits per heavy atom. The Morgan fingerprint density at radius 3 is 3.00 bits per heavy atom. The number of hydrogen-bond acceptors (Lipinski definition) is 4. The van der Waals surface area contributed by atoms with Crippen molar-refractivity contribution in [3.05, 3.63) is 21.6 Å². The quantitative estimate of drug-likeness (QED) is 0.881. The van der Waals surface area contributed by atoms with Gasteiger partial charge in [-0.1, -0.05) is 18.0 Å². The summed E-state index contributed by atoms with van der Waals surface area (Å²) >= 11 is 6.05. The van der Waals surface area contributed by atoms with E-state index in [-0.39, 0.29) is 10.6 Å². The lowest BCUT2D eigenvalue weighted by atomic mass is 10.1. The van der Waals surface area contributed by atoms with Crippen LogP contribution < -0.4 is 10.9 Å². The summed E-state index contributed by atoms with van der Waals surface area (Å²) < 4.78 is 1.24. The average molecular weight is 271 g/mol. The lowest BCUT2D eigenvalue weighted by Crippen LogP contribution is -2.33. The zero-order valence-electron chi connectivity index (χ0n) is 10.8. The zero-order chi connectivity index (χ0) is 13.1. The van der Waals surface area contributed by atoms with E-state index in [9.17, 15) is 4.79 Å². The molecule has 0 aromatic carbocycles. The van der Waals surface area contributed by atoms with Crippen LogP contribution in [0, 0.1) is 0 Å². The molecule has 1 aromatic rings. The van der Waals surface area contributed by atoms with Gasteiger partial charge in [-0.15, -0.1) is 0 Å². The summed E-state index contributed by atoms with van der Waals surface area (Å²) in [7, 11) is 3.71. The third kappa shape index (κ3) is 3.03. The van der Waals surface area contributed by atoms with Crippen LogP contribution in [0.3, 0.4) is 0 Å². The maximum atomic E-state index is 11.7. The zero-order valence-corrected chi connectivity index (χ0v) is 11.6. The standard InChI is InChI=1S/C12H19ClN4O/c1-16-6-4-3-5-9(8-16)15-10-7-14-17(2)12(18)11(10)13/h7,9,15H,3-6,8H2,1-2H3/t9-/m0/s1. The molecule has 1 fully saturated rings. The van der Waals surface area contributed by atoms with Crippen molar-refractivity contribution in [2.75, 3.05) is 25.5 Å². The molecule has 1 aliphatic rings. The van der Waals surface area contributed by atoms with Gasteiger partial charge in [-0.25, -0.2) is 4.68 Å². The first kappa shape index (κ1) is 13.4. The summed E-state index contributed by atoms with van der Waals surface area (Å²) in [5.41, 5.74) is 0.378. The Balaban J connectivity index is 2.13. The second-order valence-corrected chi connectivity index (χ2v) is 5.28. The van der Waals surface area contributed by atoms with Gasteiger partial charge in [-0.2, -0.15) is 5.10 Å². The molecule has 1 aromatic heterocycles. The van der Waals surface area contributed by atoms with Crippen molar-refractivity contribution < 1.29 is 0 Å². The first-order valence-corrected chi connectivity index (χ1v) is 6.62. The van der Waals surface area contributed by atoms with E-state index in [1.54, 1.807) is 13.2 Å². The first-order valence-electron chi connectivity index (χ1n) is 6.25. The fraction of sp³-hybridized carbons (Fsp3) is 0.667. The SMILES string of the molecule is CN1CCCC[C@H](Nc2cnn(C)c(=O)c2Cl)C1. The molecule has 0 spiro atoms. The molecule has 2 rings (SSSR count). The minimum atomic E-state index is -0.261. The van der Waals surface area contributed by atoms with Gasteiger partial charge in [0, 0.05) is 19.6 Å². The number of nitrogens with zero attached hydrogens (tertiary/aromatic N) is 3. The fourth-order valence-electron chi connectivity index (χ4n) is 2.28. The molecule has 5 nitrogen and oxygen atoms in total. The van der Waals surface area contributed by atoms with E-state index in [0.717, 1.165) is 19.5 Å². The lowest BCUT2D eigenvalue weighted by molar-refractivity contribution is 0.339. The Labute approximate surface area is 112 Å². The number of hydrogen-bond donors (Lipinski definition) is 1. The van der Waals surface area contributed by atoms with Crippen LogP contribution in [-0.4, -0.2) is 40.9 Å². The summed E-state index contributed by atoms with van der Waals surface area (Å²) in [5.74, 6) is 0. The molecule has 1 N–H and O–H groups in total. The highest BCUT2D eigenvalue weighted by atomic mass is 35.5. The molecule has 0 unspecified atom stereocenters. The first-order chi connectivity index (χ1) is 8.58. The van der Waals surface area contributed by atoms with Crippen LogP contribution in [0.2, 0.25) is 5.02 Å². The average Bonchev–Trinajstić information content (AvgIpc) is 2.54. The van der Waals surface area contributed by atoms with Crippen LogP contribution in [0.25, 0.3) is 0 Å². The predicted molar refractivity (Wildman–Crippen MR) is 73.2 cm³/mol. The summed E-state index contributed by atoms with van der Waals surface area (Å²) in [5, 5.41) is 7.55. The molecule has 0 saturated carbocycles. The fourth-order valence-corrected chi connectivity index (χ4v) is 2.51. The van der Waals surface area contributed by atoms with E-state index in [2.05, 4.69) is 22.4 Å². The summed E-state index contributed by atoms with van der Waals surface area (Å²) in [6.07, 6.45) is 5.12. The van der Waals surface area contributed by atoms with Crippen molar-refractivity contribution >= 4 is 17.3 Å². The van der Waals surface area contributed by atoms with Crippen LogP contribution in [0.4, 0.5) is 5.69 Å². The molecule has 18 heavy (non-hydrogen) atoms. The number of anilines is 1. The highest BCUT2D eigenvalue weighted by Gasteiger charge is 2.17. The summed E-state index contributed by atoms with van der Waals surface area (Å²) in [4.78, 5) is 14.0. The molecule has 1 saturated heterocycles. The van der Waals surface area contributed by atoms with Crippen molar-refractivity contribution in [3.63, 3.8) is 0 Å². The molecule has 0 aliphatic carbocycles. The van der Waals surface area contributed by atoms with Crippen LogP contribution >= 0.6 is 11.6 Å². The van der Waals surface area contributed by atoms with Gasteiger partial charge in [0.05, 0.1) is 11.9 Å². The topological polar surface area (TPSA) is 50.2 Å². The number of aryl methyl sites for hydroxylation is 1. The van der Waals surface area contributed by atoms with E-state index in [4.69, 9.17) is 11.6 Å². The molecule has 0 radical (unpaired) electrons. The molecular formula is C12H19ClN4O.